The number of methoxy groups -OCH3 is 1. The summed E-state index contributed by atoms with van der Waals surface area (Å²) in [5.41, 5.74) is 0.327. The number of carbonyl (C=O) groups is 2. The van der Waals surface area contributed by atoms with E-state index in [1.807, 2.05) is 0 Å². The highest BCUT2D eigenvalue weighted by Crippen LogP contribution is 2.26. The van der Waals surface area contributed by atoms with Crippen LogP contribution in [0.25, 0.3) is 0 Å². The van der Waals surface area contributed by atoms with E-state index in [0.29, 0.717) is 17.9 Å². The standard InChI is InChI=1S/C12H14N2O4/c1-18-10-3-2-7(4-9(10)15)12(17)14-8-5-11(16)13-6-8/h2-4,8,15H,5-6H2,1H3,(H,13,16)(H,14,17). The molecule has 0 radical (unpaired) electrons. The summed E-state index contributed by atoms with van der Waals surface area (Å²) in [5, 5.41) is 14.9. The number of nitrogens with one attached hydrogen (secondary N) is 2. The maximum Gasteiger partial charge on any atom is 0.251 e. The molecule has 1 aromatic carbocycles. The maximum atomic E-state index is 11.9. The van der Waals surface area contributed by atoms with Gasteiger partial charge in [0, 0.05) is 18.5 Å². The second kappa shape index (κ2) is 4.95. The van der Waals surface area contributed by atoms with E-state index >= 15 is 0 Å². The van der Waals surface area contributed by atoms with Crippen molar-refractivity contribution in [3.05, 3.63) is 23.8 Å². The van der Waals surface area contributed by atoms with Crippen LogP contribution in [0, 0.1) is 0 Å². The molecule has 1 aliphatic heterocycles. The normalized spacial score (nSPS) is 18.3. The van der Waals surface area contributed by atoms with Gasteiger partial charge in [-0.25, -0.2) is 0 Å². The first-order valence-corrected chi connectivity index (χ1v) is 5.54. The maximum absolute atomic E-state index is 11.9. The summed E-state index contributed by atoms with van der Waals surface area (Å²) in [7, 11) is 1.44. The number of aromatic hydroxyl groups is 1. The molecule has 1 aromatic rings. The Labute approximate surface area is 104 Å². The third kappa shape index (κ3) is 2.53. The number of phenols is 1. The Morgan fingerprint density at radius 3 is 2.89 bits per heavy atom. The lowest BCUT2D eigenvalue weighted by Crippen LogP contribution is -2.36. The van der Waals surface area contributed by atoms with Gasteiger partial charge in [0.05, 0.1) is 13.2 Å². The highest BCUT2D eigenvalue weighted by atomic mass is 16.5. The van der Waals surface area contributed by atoms with Crippen molar-refractivity contribution in [2.75, 3.05) is 13.7 Å². The van der Waals surface area contributed by atoms with Crippen molar-refractivity contribution in [2.24, 2.45) is 0 Å². The van der Waals surface area contributed by atoms with Crippen molar-refractivity contribution in [2.45, 2.75) is 12.5 Å². The molecule has 1 saturated heterocycles. The molecule has 2 rings (SSSR count). The molecule has 3 N–H and O–H groups in total. The van der Waals surface area contributed by atoms with Crippen molar-refractivity contribution in [3.63, 3.8) is 0 Å². The van der Waals surface area contributed by atoms with Gasteiger partial charge in [0.2, 0.25) is 5.91 Å². The molecule has 0 aromatic heterocycles. The van der Waals surface area contributed by atoms with Crippen LogP contribution in [-0.4, -0.2) is 36.6 Å². The molecule has 1 heterocycles. The van der Waals surface area contributed by atoms with Crippen molar-refractivity contribution in [1.82, 2.24) is 10.6 Å². The summed E-state index contributed by atoms with van der Waals surface area (Å²) < 4.78 is 4.89. The molecular formula is C12H14N2O4. The summed E-state index contributed by atoms with van der Waals surface area (Å²) in [6.07, 6.45) is 0.286. The number of amides is 2. The zero-order valence-corrected chi connectivity index (χ0v) is 9.90. The number of ether oxygens (including phenoxy) is 1. The molecule has 1 atom stereocenters. The van der Waals surface area contributed by atoms with Crippen LogP contribution in [0.2, 0.25) is 0 Å². The van der Waals surface area contributed by atoms with Crippen LogP contribution in [0.4, 0.5) is 0 Å². The largest absolute Gasteiger partial charge is 0.504 e. The fraction of sp³-hybridized carbons (Fsp3) is 0.333. The molecule has 1 fully saturated rings. The number of hydrogen-bond acceptors (Lipinski definition) is 4. The van der Waals surface area contributed by atoms with Crippen LogP contribution >= 0.6 is 0 Å². The van der Waals surface area contributed by atoms with Crippen LogP contribution in [0.3, 0.4) is 0 Å². The molecule has 2 amide bonds. The van der Waals surface area contributed by atoms with Crippen molar-refractivity contribution >= 4 is 11.8 Å². The number of rotatable bonds is 3. The Morgan fingerprint density at radius 2 is 2.33 bits per heavy atom. The van der Waals surface area contributed by atoms with E-state index in [2.05, 4.69) is 10.6 Å². The number of hydrogen-bond donors (Lipinski definition) is 3. The predicted octanol–water partition coefficient (Wildman–Crippen LogP) is 0.0191. The van der Waals surface area contributed by atoms with E-state index in [4.69, 9.17) is 4.74 Å². The van der Waals surface area contributed by atoms with Gasteiger partial charge in [-0.15, -0.1) is 0 Å². The lowest BCUT2D eigenvalue weighted by Gasteiger charge is -2.11. The Morgan fingerprint density at radius 1 is 1.56 bits per heavy atom. The molecule has 6 heteroatoms. The molecule has 1 unspecified atom stereocenters. The summed E-state index contributed by atoms with van der Waals surface area (Å²) in [5.74, 6) is -0.178. The van der Waals surface area contributed by atoms with Crippen LogP contribution in [0.1, 0.15) is 16.8 Å². The fourth-order valence-corrected chi connectivity index (χ4v) is 1.81. The minimum absolute atomic E-state index is 0.0714. The smallest absolute Gasteiger partial charge is 0.251 e. The highest BCUT2D eigenvalue weighted by Gasteiger charge is 2.23. The summed E-state index contributed by atoms with van der Waals surface area (Å²) >= 11 is 0. The number of phenolic OH excluding ortho intramolecular Hbond substituents is 1. The van der Waals surface area contributed by atoms with Gasteiger partial charge in [-0.2, -0.15) is 0 Å². The van der Waals surface area contributed by atoms with Crippen molar-refractivity contribution in [3.8, 4) is 11.5 Å². The molecule has 0 spiro atoms. The fourth-order valence-electron chi connectivity index (χ4n) is 1.81. The zero-order valence-electron chi connectivity index (χ0n) is 9.90. The quantitative estimate of drug-likeness (QED) is 0.705. The van der Waals surface area contributed by atoms with Gasteiger partial charge in [-0.05, 0) is 18.2 Å². The van der Waals surface area contributed by atoms with Crippen LogP contribution in [0.5, 0.6) is 11.5 Å². The summed E-state index contributed by atoms with van der Waals surface area (Å²) in [6.45, 7) is 0.437. The number of benzene rings is 1. The number of carbonyl (C=O) groups excluding carboxylic acids is 2. The monoisotopic (exact) mass is 250 g/mol. The first kappa shape index (κ1) is 12.2. The van der Waals surface area contributed by atoms with E-state index in [9.17, 15) is 14.7 Å². The van der Waals surface area contributed by atoms with Crippen molar-refractivity contribution in [1.29, 1.82) is 0 Å². The first-order chi connectivity index (χ1) is 8.60. The van der Waals surface area contributed by atoms with E-state index in [1.165, 1.54) is 19.2 Å². The van der Waals surface area contributed by atoms with Crippen LogP contribution in [0.15, 0.2) is 18.2 Å². The first-order valence-electron chi connectivity index (χ1n) is 5.54. The third-order valence-corrected chi connectivity index (χ3v) is 2.75. The average molecular weight is 250 g/mol. The summed E-state index contributed by atoms with van der Waals surface area (Å²) in [6, 6.07) is 4.20. The lowest BCUT2D eigenvalue weighted by atomic mass is 10.1. The van der Waals surface area contributed by atoms with E-state index < -0.39 is 0 Å². The highest BCUT2D eigenvalue weighted by molar-refractivity contribution is 5.95. The Kier molecular flexibility index (Phi) is 3.36. The van der Waals surface area contributed by atoms with Gasteiger partial charge in [0.15, 0.2) is 11.5 Å². The van der Waals surface area contributed by atoms with Gasteiger partial charge >= 0.3 is 0 Å². The lowest BCUT2D eigenvalue weighted by molar-refractivity contribution is -0.119. The van der Waals surface area contributed by atoms with E-state index in [-0.39, 0.29) is 30.0 Å². The minimum Gasteiger partial charge on any atom is -0.504 e. The molecule has 6 nitrogen and oxygen atoms in total. The zero-order chi connectivity index (χ0) is 13.1. The van der Waals surface area contributed by atoms with Crippen LogP contribution < -0.4 is 15.4 Å². The molecule has 1 aliphatic rings. The SMILES string of the molecule is COc1ccc(C(=O)NC2CNC(=O)C2)cc1O. The predicted molar refractivity (Wildman–Crippen MR) is 63.5 cm³/mol. The molecule has 96 valence electrons. The van der Waals surface area contributed by atoms with Crippen LogP contribution in [-0.2, 0) is 4.79 Å². The van der Waals surface area contributed by atoms with E-state index in [1.54, 1.807) is 6.07 Å². The van der Waals surface area contributed by atoms with Gasteiger partial charge in [-0.1, -0.05) is 0 Å². The topological polar surface area (TPSA) is 87.7 Å². The molecule has 18 heavy (non-hydrogen) atoms. The molecule has 0 saturated carbocycles. The minimum atomic E-state index is -0.325. The van der Waals surface area contributed by atoms with Gasteiger partial charge in [0.1, 0.15) is 0 Å². The second-order valence-corrected chi connectivity index (χ2v) is 4.07. The third-order valence-electron chi connectivity index (χ3n) is 2.75. The Bertz CT molecular complexity index is 487. The van der Waals surface area contributed by atoms with Gasteiger partial charge < -0.3 is 20.5 Å². The molecule has 0 aliphatic carbocycles. The Balaban J connectivity index is 2.05. The summed E-state index contributed by atoms with van der Waals surface area (Å²) in [4.78, 5) is 22.8. The van der Waals surface area contributed by atoms with Gasteiger partial charge in [0.25, 0.3) is 5.91 Å². The Hall–Kier alpha value is -2.24. The average Bonchev–Trinajstić information content (AvgIpc) is 2.74. The van der Waals surface area contributed by atoms with Gasteiger partial charge in [-0.3, -0.25) is 9.59 Å². The second-order valence-electron chi connectivity index (χ2n) is 4.07. The van der Waals surface area contributed by atoms with Crippen molar-refractivity contribution < 1.29 is 19.4 Å². The van der Waals surface area contributed by atoms with E-state index in [0.717, 1.165) is 0 Å². The molecular weight excluding hydrogens is 236 g/mol. The molecule has 0 bridgehead atoms.